The molecule has 11 heteroatoms. The Morgan fingerprint density at radius 2 is 1.68 bits per heavy atom. The van der Waals surface area contributed by atoms with Crippen LogP contribution in [0.25, 0.3) is 34.2 Å². The van der Waals surface area contributed by atoms with E-state index >= 15 is 0 Å². The van der Waals surface area contributed by atoms with Gasteiger partial charge >= 0.3 is 0 Å². The first-order chi connectivity index (χ1) is 16.6. The predicted octanol–water partition coefficient (Wildman–Crippen LogP) is 2.83. The molecule has 11 nitrogen and oxygen atoms in total. The molecule has 0 aliphatic heterocycles. The summed E-state index contributed by atoms with van der Waals surface area (Å²) in [6.07, 6.45) is 11.5. The molecule has 5 heterocycles. The molecule has 1 saturated carbocycles. The molecule has 6 rings (SSSR count). The van der Waals surface area contributed by atoms with Gasteiger partial charge in [0.15, 0.2) is 11.6 Å². The quantitative estimate of drug-likeness (QED) is 0.422. The number of aromatic nitrogens is 9. The number of hydrogen-bond acceptors (Lipinski definition) is 10. The summed E-state index contributed by atoms with van der Waals surface area (Å²) in [4.78, 5) is 21.9. The summed E-state index contributed by atoms with van der Waals surface area (Å²) in [6, 6.07) is 7.78. The second-order valence-corrected chi connectivity index (χ2v) is 8.32. The molecule has 0 radical (unpaired) electrons. The molecule has 0 atom stereocenters. The molecular formula is C23H20N10O. The molecule has 0 bridgehead atoms. The van der Waals surface area contributed by atoms with Gasteiger partial charge in [-0.1, -0.05) is 17.6 Å². The van der Waals surface area contributed by atoms with E-state index in [9.17, 15) is 0 Å². The third-order valence-corrected chi connectivity index (χ3v) is 6.30. The summed E-state index contributed by atoms with van der Waals surface area (Å²) in [7, 11) is 1.87. The summed E-state index contributed by atoms with van der Waals surface area (Å²) in [6.45, 7) is 0. The van der Waals surface area contributed by atoms with Crippen LogP contribution in [0, 0.1) is 0 Å². The Morgan fingerprint density at radius 1 is 0.912 bits per heavy atom. The Labute approximate surface area is 194 Å². The third kappa shape index (κ3) is 3.29. The SMILES string of the molecule is Cn1cnnc1-c1ccc(-c2nc(C3(c4ccc(-c5cnc(N)nc5)nc4)CCC3)no2)cn1. The van der Waals surface area contributed by atoms with Crippen LogP contribution in [0.15, 0.2) is 59.9 Å². The van der Waals surface area contributed by atoms with E-state index in [1.807, 2.05) is 36.0 Å². The lowest BCUT2D eigenvalue weighted by atomic mass is 9.64. The van der Waals surface area contributed by atoms with Crippen LogP contribution in [0.4, 0.5) is 5.95 Å². The Morgan fingerprint density at radius 3 is 2.29 bits per heavy atom. The molecule has 5 aromatic rings. The van der Waals surface area contributed by atoms with Crippen molar-refractivity contribution in [1.82, 2.24) is 44.8 Å². The number of hydrogen-bond donors (Lipinski definition) is 1. The number of anilines is 1. The summed E-state index contributed by atoms with van der Waals surface area (Å²) in [5, 5.41) is 12.3. The third-order valence-electron chi connectivity index (χ3n) is 6.30. The maximum absolute atomic E-state index is 5.63. The molecule has 0 spiro atoms. The van der Waals surface area contributed by atoms with Crippen molar-refractivity contribution in [2.75, 3.05) is 5.73 Å². The van der Waals surface area contributed by atoms with E-state index in [1.54, 1.807) is 24.9 Å². The smallest absolute Gasteiger partial charge is 0.259 e. The molecule has 1 aliphatic rings. The van der Waals surface area contributed by atoms with E-state index in [1.165, 1.54) is 0 Å². The molecule has 168 valence electrons. The Kier molecular flexibility index (Phi) is 4.61. The minimum absolute atomic E-state index is 0.236. The number of nitrogens with two attached hydrogens (primary N) is 1. The van der Waals surface area contributed by atoms with Gasteiger partial charge in [-0.15, -0.1) is 10.2 Å². The van der Waals surface area contributed by atoms with Gasteiger partial charge in [0.25, 0.3) is 5.89 Å². The normalized spacial score (nSPS) is 14.6. The number of nitrogen functional groups attached to an aromatic ring is 1. The molecule has 5 aromatic heterocycles. The molecule has 0 unspecified atom stereocenters. The highest BCUT2D eigenvalue weighted by Gasteiger charge is 2.45. The van der Waals surface area contributed by atoms with Crippen LogP contribution < -0.4 is 5.73 Å². The molecule has 0 aromatic carbocycles. The topological polar surface area (TPSA) is 147 Å². The van der Waals surface area contributed by atoms with Crippen LogP contribution in [-0.2, 0) is 12.5 Å². The van der Waals surface area contributed by atoms with E-state index in [4.69, 9.17) is 15.2 Å². The Balaban J connectivity index is 1.27. The summed E-state index contributed by atoms with van der Waals surface area (Å²) < 4.78 is 7.44. The fourth-order valence-electron chi connectivity index (χ4n) is 4.19. The molecule has 0 saturated heterocycles. The van der Waals surface area contributed by atoms with Gasteiger partial charge in [-0.2, -0.15) is 4.98 Å². The Hall–Kier alpha value is -4.54. The van der Waals surface area contributed by atoms with Crippen LogP contribution in [0.2, 0.25) is 0 Å². The minimum atomic E-state index is -0.309. The monoisotopic (exact) mass is 452 g/mol. The van der Waals surface area contributed by atoms with Gasteiger partial charge in [0, 0.05) is 37.4 Å². The molecule has 2 N–H and O–H groups in total. The van der Waals surface area contributed by atoms with Gasteiger partial charge in [0.2, 0.25) is 5.95 Å². The van der Waals surface area contributed by atoms with Gasteiger partial charge in [0.1, 0.15) is 12.0 Å². The van der Waals surface area contributed by atoms with Crippen molar-refractivity contribution in [3.05, 3.63) is 66.8 Å². The number of pyridine rings is 2. The van der Waals surface area contributed by atoms with E-state index in [0.717, 1.165) is 47.3 Å². The lowest BCUT2D eigenvalue weighted by Gasteiger charge is -2.39. The molecule has 0 amide bonds. The molecular weight excluding hydrogens is 432 g/mol. The highest BCUT2D eigenvalue weighted by molar-refractivity contribution is 5.59. The van der Waals surface area contributed by atoms with E-state index < -0.39 is 0 Å². The molecule has 1 aliphatic carbocycles. The van der Waals surface area contributed by atoms with Gasteiger partial charge in [-0.05, 0) is 36.6 Å². The first kappa shape index (κ1) is 20.1. The highest BCUT2D eigenvalue weighted by Crippen LogP contribution is 2.48. The minimum Gasteiger partial charge on any atom is -0.368 e. The standard InChI is InChI=1S/C23H20N10O/c1-33-13-29-31-19(33)18-5-3-14(9-25-18)20-30-21(32-34-20)23(7-2-8-23)16-4-6-17(26-12-16)15-10-27-22(24)28-11-15/h3-6,9-13H,2,7-8H2,1H3,(H2,24,27,28). The molecule has 34 heavy (non-hydrogen) atoms. The summed E-state index contributed by atoms with van der Waals surface area (Å²) >= 11 is 0. The van der Waals surface area contributed by atoms with Crippen molar-refractivity contribution in [2.45, 2.75) is 24.7 Å². The van der Waals surface area contributed by atoms with Crippen LogP contribution in [0.3, 0.4) is 0 Å². The van der Waals surface area contributed by atoms with Crippen molar-refractivity contribution in [1.29, 1.82) is 0 Å². The van der Waals surface area contributed by atoms with Gasteiger partial charge in [-0.3, -0.25) is 9.97 Å². The van der Waals surface area contributed by atoms with E-state index in [-0.39, 0.29) is 11.4 Å². The number of nitrogens with zero attached hydrogens (tertiary/aromatic N) is 9. The second kappa shape index (κ2) is 7.80. The maximum Gasteiger partial charge on any atom is 0.259 e. The van der Waals surface area contributed by atoms with Gasteiger partial charge in [-0.25, -0.2) is 9.97 Å². The average molecular weight is 452 g/mol. The Bertz CT molecular complexity index is 1430. The lowest BCUT2D eigenvalue weighted by molar-refractivity contribution is 0.272. The van der Waals surface area contributed by atoms with Crippen LogP contribution >= 0.6 is 0 Å². The predicted molar refractivity (Wildman–Crippen MR) is 122 cm³/mol. The summed E-state index contributed by atoms with van der Waals surface area (Å²) in [5.74, 6) is 2.02. The van der Waals surface area contributed by atoms with Crippen molar-refractivity contribution < 1.29 is 4.52 Å². The average Bonchev–Trinajstić information content (AvgIpc) is 3.49. The fraction of sp³-hybridized carbons (Fsp3) is 0.217. The maximum atomic E-state index is 5.63. The zero-order valence-electron chi connectivity index (χ0n) is 18.3. The largest absolute Gasteiger partial charge is 0.368 e. The zero-order chi connectivity index (χ0) is 23.1. The van der Waals surface area contributed by atoms with Crippen LogP contribution in [0.1, 0.15) is 30.7 Å². The zero-order valence-corrected chi connectivity index (χ0v) is 18.3. The fourth-order valence-corrected chi connectivity index (χ4v) is 4.19. The lowest BCUT2D eigenvalue weighted by Crippen LogP contribution is -2.36. The van der Waals surface area contributed by atoms with Crippen molar-refractivity contribution >= 4 is 5.95 Å². The van der Waals surface area contributed by atoms with Crippen molar-refractivity contribution in [2.24, 2.45) is 7.05 Å². The second-order valence-electron chi connectivity index (χ2n) is 8.32. The van der Waals surface area contributed by atoms with Crippen LogP contribution in [0.5, 0.6) is 0 Å². The molecule has 1 fully saturated rings. The van der Waals surface area contributed by atoms with E-state index in [0.29, 0.717) is 17.5 Å². The first-order valence-corrected chi connectivity index (χ1v) is 10.8. The van der Waals surface area contributed by atoms with Gasteiger partial charge < -0.3 is 14.8 Å². The first-order valence-electron chi connectivity index (χ1n) is 10.8. The number of rotatable bonds is 5. The highest BCUT2D eigenvalue weighted by atomic mass is 16.5. The van der Waals surface area contributed by atoms with E-state index in [2.05, 4.69) is 41.4 Å². The summed E-state index contributed by atoms with van der Waals surface area (Å²) in [5.41, 5.74) is 9.38. The van der Waals surface area contributed by atoms with Gasteiger partial charge in [0.05, 0.1) is 16.7 Å². The number of aryl methyl sites for hydroxylation is 1. The van der Waals surface area contributed by atoms with Crippen LogP contribution in [-0.4, -0.2) is 44.8 Å². The van der Waals surface area contributed by atoms with Crippen molar-refractivity contribution in [3.63, 3.8) is 0 Å². The van der Waals surface area contributed by atoms with Crippen molar-refractivity contribution in [3.8, 4) is 34.2 Å².